The fourth-order valence-electron chi connectivity index (χ4n) is 4.74. The van der Waals surface area contributed by atoms with Gasteiger partial charge in [0.2, 0.25) is 5.91 Å². The van der Waals surface area contributed by atoms with Crippen molar-refractivity contribution in [2.75, 3.05) is 46.5 Å². The molecule has 1 aromatic carbocycles. The molecule has 2 saturated heterocycles. The molecule has 0 spiro atoms. The second-order valence-electron chi connectivity index (χ2n) is 8.69. The number of aliphatic imine (C=N–C) groups is 2. The molecule has 3 aliphatic heterocycles. The largest absolute Gasteiger partial charge is 0.497 e. The zero-order chi connectivity index (χ0) is 22.8. The molecule has 33 heavy (non-hydrogen) atoms. The zero-order valence-corrected chi connectivity index (χ0v) is 18.7. The Kier molecular flexibility index (Phi) is 6.19. The minimum atomic E-state index is -0.353. The summed E-state index contributed by atoms with van der Waals surface area (Å²) in [5.74, 6) is 0.890. The standard InChI is InChI=1S/C23H28N6O4/c1-32-15-2-3-16-19(10-15)27-28-22(16)14-4-7-29(8-5-14)12-21(30)24-11-20-25-18-6-9-33-13-17(18)23(31)26-20/h2-3,10,14,17H,4-9,11-13H2,1H3,(H,24,30)(H,27,28). The Morgan fingerprint density at radius 1 is 1.30 bits per heavy atom. The molecule has 1 atom stereocenters. The van der Waals surface area contributed by atoms with Gasteiger partial charge in [-0.15, -0.1) is 0 Å². The third-order valence-electron chi connectivity index (χ3n) is 6.60. The molecule has 0 saturated carbocycles. The molecule has 1 unspecified atom stereocenters. The normalized spacial score (nSPS) is 22.0. The molecule has 4 heterocycles. The second kappa shape index (κ2) is 9.40. The van der Waals surface area contributed by atoms with E-state index in [0.29, 0.717) is 37.9 Å². The average Bonchev–Trinajstić information content (AvgIpc) is 3.26. The number of fused-ring (bicyclic) bond motifs is 2. The summed E-state index contributed by atoms with van der Waals surface area (Å²) in [6.07, 6.45) is 2.54. The Morgan fingerprint density at radius 3 is 2.97 bits per heavy atom. The van der Waals surface area contributed by atoms with Crippen LogP contribution in [0.4, 0.5) is 0 Å². The van der Waals surface area contributed by atoms with Gasteiger partial charge in [-0.3, -0.25) is 19.6 Å². The van der Waals surface area contributed by atoms with Crippen molar-refractivity contribution in [1.82, 2.24) is 20.4 Å². The van der Waals surface area contributed by atoms with Crippen LogP contribution in [0.15, 0.2) is 28.2 Å². The maximum Gasteiger partial charge on any atom is 0.258 e. The number of hydrogen-bond acceptors (Lipinski definition) is 7. The summed E-state index contributed by atoms with van der Waals surface area (Å²) in [5, 5.41) is 11.6. The molecule has 2 fully saturated rings. The number of rotatable bonds is 6. The van der Waals surface area contributed by atoms with Crippen LogP contribution in [0.5, 0.6) is 5.75 Å². The highest BCUT2D eigenvalue weighted by molar-refractivity contribution is 6.17. The van der Waals surface area contributed by atoms with E-state index in [9.17, 15) is 9.59 Å². The fraction of sp³-hybridized carbons (Fsp3) is 0.522. The van der Waals surface area contributed by atoms with Gasteiger partial charge in [-0.25, -0.2) is 4.99 Å². The highest BCUT2D eigenvalue weighted by Crippen LogP contribution is 2.32. The molecule has 0 radical (unpaired) electrons. The van der Waals surface area contributed by atoms with E-state index in [1.165, 1.54) is 0 Å². The fourth-order valence-corrected chi connectivity index (χ4v) is 4.74. The number of carbonyl (C=O) groups excluding carboxylic acids is 2. The number of amidine groups is 1. The third-order valence-corrected chi connectivity index (χ3v) is 6.60. The Bertz CT molecular complexity index is 1120. The lowest BCUT2D eigenvalue weighted by molar-refractivity contribution is -0.123. The van der Waals surface area contributed by atoms with E-state index in [1.54, 1.807) is 7.11 Å². The van der Waals surface area contributed by atoms with Gasteiger partial charge in [0.25, 0.3) is 5.91 Å². The van der Waals surface area contributed by atoms with E-state index in [2.05, 4.69) is 36.5 Å². The van der Waals surface area contributed by atoms with E-state index in [-0.39, 0.29) is 24.3 Å². The van der Waals surface area contributed by atoms with E-state index in [1.807, 2.05) is 12.1 Å². The van der Waals surface area contributed by atoms with Crippen molar-refractivity contribution in [3.63, 3.8) is 0 Å². The molecule has 0 aliphatic carbocycles. The van der Waals surface area contributed by atoms with Gasteiger partial charge in [0.15, 0.2) is 5.84 Å². The van der Waals surface area contributed by atoms with E-state index in [4.69, 9.17) is 9.47 Å². The predicted molar refractivity (Wildman–Crippen MR) is 123 cm³/mol. The first-order chi connectivity index (χ1) is 16.1. The summed E-state index contributed by atoms with van der Waals surface area (Å²) in [7, 11) is 1.65. The number of hydrogen-bond donors (Lipinski definition) is 2. The Hall–Kier alpha value is -3.11. The molecule has 2 N–H and O–H groups in total. The lowest BCUT2D eigenvalue weighted by Crippen LogP contribution is -2.43. The van der Waals surface area contributed by atoms with E-state index in [0.717, 1.165) is 54.0 Å². The van der Waals surface area contributed by atoms with Crippen LogP contribution in [0.1, 0.15) is 30.9 Å². The number of ether oxygens (including phenoxy) is 2. The van der Waals surface area contributed by atoms with Crippen molar-refractivity contribution < 1.29 is 19.1 Å². The Balaban J connectivity index is 1.11. The van der Waals surface area contributed by atoms with Crippen LogP contribution in [-0.4, -0.2) is 85.0 Å². The van der Waals surface area contributed by atoms with Crippen LogP contribution in [0, 0.1) is 5.92 Å². The minimum Gasteiger partial charge on any atom is -0.497 e. The van der Waals surface area contributed by atoms with Gasteiger partial charge in [-0.1, -0.05) is 0 Å². The number of nitrogens with zero attached hydrogens (tertiary/aromatic N) is 4. The maximum atomic E-state index is 12.5. The molecule has 174 valence electrons. The summed E-state index contributed by atoms with van der Waals surface area (Å²) in [6, 6.07) is 5.95. The number of H-pyrrole nitrogens is 1. The lowest BCUT2D eigenvalue weighted by Gasteiger charge is -2.31. The smallest absolute Gasteiger partial charge is 0.258 e. The Labute approximate surface area is 191 Å². The highest BCUT2D eigenvalue weighted by Gasteiger charge is 2.31. The first-order valence-corrected chi connectivity index (χ1v) is 11.4. The number of amides is 2. The summed E-state index contributed by atoms with van der Waals surface area (Å²) in [6.45, 7) is 3.07. The number of nitrogens with one attached hydrogen (secondary N) is 2. The highest BCUT2D eigenvalue weighted by atomic mass is 16.5. The van der Waals surface area contributed by atoms with Crippen LogP contribution < -0.4 is 10.1 Å². The third kappa shape index (κ3) is 4.67. The number of aromatic amines is 1. The van der Waals surface area contributed by atoms with Gasteiger partial charge < -0.3 is 14.8 Å². The zero-order valence-electron chi connectivity index (χ0n) is 18.7. The molecule has 1 aromatic heterocycles. The first-order valence-electron chi connectivity index (χ1n) is 11.4. The van der Waals surface area contributed by atoms with Crippen molar-refractivity contribution in [3.8, 4) is 5.75 Å². The molecule has 2 amide bonds. The van der Waals surface area contributed by atoms with Gasteiger partial charge in [-0.05, 0) is 38.1 Å². The SMILES string of the molecule is COc1ccc2c(C3CCN(CC(=O)NCC4=NC(=O)C5COCCC5=N4)CC3)[nH]nc2c1. The first kappa shape index (κ1) is 21.7. The molecule has 10 heteroatoms. The van der Waals surface area contributed by atoms with Gasteiger partial charge in [0.05, 0.1) is 38.9 Å². The quantitative estimate of drug-likeness (QED) is 0.681. The molecule has 5 rings (SSSR count). The monoisotopic (exact) mass is 452 g/mol. The number of piperidine rings is 1. The summed E-state index contributed by atoms with van der Waals surface area (Å²) < 4.78 is 10.6. The van der Waals surface area contributed by atoms with Gasteiger partial charge in [0, 0.05) is 35.2 Å². The van der Waals surface area contributed by atoms with Gasteiger partial charge >= 0.3 is 0 Å². The molecule has 10 nitrogen and oxygen atoms in total. The summed E-state index contributed by atoms with van der Waals surface area (Å²) >= 11 is 0. The Morgan fingerprint density at radius 2 is 2.15 bits per heavy atom. The molecule has 2 aromatic rings. The summed E-state index contributed by atoms with van der Waals surface area (Å²) in [5.41, 5.74) is 2.88. The number of likely N-dealkylation sites (tertiary alicyclic amines) is 1. The van der Waals surface area contributed by atoms with Crippen LogP contribution in [-0.2, 0) is 14.3 Å². The molecule has 3 aliphatic rings. The number of methoxy groups -OCH3 is 1. The maximum absolute atomic E-state index is 12.5. The van der Waals surface area contributed by atoms with Crippen LogP contribution in [0.2, 0.25) is 0 Å². The number of aromatic nitrogens is 2. The van der Waals surface area contributed by atoms with Crippen LogP contribution in [0.25, 0.3) is 10.9 Å². The summed E-state index contributed by atoms with van der Waals surface area (Å²) in [4.78, 5) is 35.3. The second-order valence-corrected chi connectivity index (χ2v) is 8.69. The number of benzene rings is 1. The van der Waals surface area contributed by atoms with Crippen molar-refractivity contribution in [2.24, 2.45) is 15.9 Å². The van der Waals surface area contributed by atoms with Crippen molar-refractivity contribution in [3.05, 3.63) is 23.9 Å². The van der Waals surface area contributed by atoms with Crippen LogP contribution in [0.3, 0.4) is 0 Å². The average molecular weight is 453 g/mol. The van der Waals surface area contributed by atoms with E-state index >= 15 is 0 Å². The number of carbonyl (C=O) groups is 2. The molecular weight excluding hydrogens is 424 g/mol. The van der Waals surface area contributed by atoms with Crippen LogP contribution >= 0.6 is 0 Å². The van der Waals surface area contributed by atoms with Gasteiger partial charge in [0.1, 0.15) is 11.7 Å². The lowest BCUT2D eigenvalue weighted by atomic mass is 9.91. The minimum absolute atomic E-state index is 0.0861. The molecule has 0 bridgehead atoms. The topological polar surface area (TPSA) is 121 Å². The predicted octanol–water partition coefficient (Wildman–Crippen LogP) is 1.28. The van der Waals surface area contributed by atoms with Crippen molar-refractivity contribution in [2.45, 2.75) is 25.2 Å². The van der Waals surface area contributed by atoms with Crippen molar-refractivity contribution >= 4 is 34.3 Å². The van der Waals surface area contributed by atoms with Gasteiger partial charge in [-0.2, -0.15) is 10.1 Å². The van der Waals surface area contributed by atoms with Crippen molar-refractivity contribution in [1.29, 1.82) is 0 Å². The molecular formula is C23H28N6O4. The van der Waals surface area contributed by atoms with E-state index < -0.39 is 0 Å².